The topological polar surface area (TPSA) is 41.1 Å². The van der Waals surface area contributed by atoms with Crippen LogP contribution < -0.4 is 10.6 Å². The Morgan fingerprint density at radius 1 is 1.47 bits per heavy atom. The van der Waals surface area contributed by atoms with Crippen molar-refractivity contribution in [1.82, 2.24) is 10.6 Å². The standard InChI is InChI=1S/C12H24N2O/c1-4-10(5-2)8-14-12(15)11-9(3)6-7-13-11/h9-11,13H,4-8H2,1-3H3,(H,14,15). The third-order valence-electron chi connectivity index (χ3n) is 3.54. The normalized spacial score (nSPS) is 25.9. The van der Waals surface area contributed by atoms with Crippen molar-refractivity contribution in [2.24, 2.45) is 11.8 Å². The minimum absolute atomic E-state index is 0.0411. The van der Waals surface area contributed by atoms with Gasteiger partial charge in [0.25, 0.3) is 0 Å². The summed E-state index contributed by atoms with van der Waals surface area (Å²) in [6, 6.07) is 0.0411. The Labute approximate surface area is 93.0 Å². The maximum atomic E-state index is 11.8. The quantitative estimate of drug-likeness (QED) is 0.726. The maximum Gasteiger partial charge on any atom is 0.237 e. The molecule has 1 amide bonds. The highest BCUT2D eigenvalue weighted by atomic mass is 16.2. The van der Waals surface area contributed by atoms with Gasteiger partial charge in [0.1, 0.15) is 0 Å². The van der Waals surface area contributed by atoms with Gasteiger partial charge in [-0.05, 0) is 24.8 Å². The first-order valence-corrected chi connectivity index (χ1v) is 6.20. The lowest BCUT2D eigenvalue weighted by molar-refractivity contribution is -0.123. The van der Waals surface area contributed by atoms with E-state index >= 15 is 0 Å². The molecule has 1 rings (SSSR count). The minimum atomic E-state index is 0.0411. The Morgan fingerprint density at radius 2 is 2.13 bits per heavy atom. The average molecular weight is 212 g/mol. The molecule has 1 heterocycles. The van der Waals surface area contributed by atoms with Gasteiger partial charge < -0.3 is 10.6 Å². The summed E-state index contributed by atoms with van der Waals surface area (Å²) in [4.78, 5) is 11.8. The van der Waals surface area contributed by atoms with Gasteiger partial charge >= 0.3 is 0 Å². The van der Waals surface area contributed by atoms with Crippen LogP contribution in [0.15, 0.2) is 0 Å². The number of rotatable bonds is 5. The van der Waals surface area contributed by atoms with Crippen LogP contribution in [0.1, 0.15) is 40.0 Å². The van der Waals surface area contributed by atoms with Crippen molar-refractivity contribution in [3.8, 4) is 0 Å². The predicted octanol–water partition coefficient (Wildman–Crippen LogP) is 1.54. The molecule has 2 atom stereocenters. The summed E-state index contributed by atoms with van der Waals surface area (Å²) in [7, 11) is 0. The van der Waals surface area contributed by atoms with Crippen molar-refractivity contribution < 1.29 is 4.79 Å². The zero-order valence-corrected chi connectivity index (χ0v) is 10.2. The molecule has 2 N–H and O–H groups in total. The molecule has 3 heteroatoms. The van der Waals surface area contributed by atoms with Crippen molar-refractivity contribution >= 4 is 5.91 Å². The van der Waals surface area contributed by atoms with Gasteiger partial charge in [-0.1, -0.05) is 33.6 Å². The van der Waals surface area contributed by atoms with Gasteiger partial charge in [-0.3, -0.25) is 4.79 Å². The van der Waals surface area contributed by atoms with Crippen LogP contribution in [-0.4, -0.2) is 25.0 Å². The fraction of sp³-hybridized carbons (Fsp3) is 0.917. The van der Waals surface area contributed by atoms with Gasteiger partial charge in [0, 0.05) is 6.54 Å². The van der Waals surface area contributed by atoms with Gasteiger partial charge in [-0.2, -0.15) is 0 Å². The second-order valence-electron chi connectivity index (χ2n) is 4.63. The molecule has 1 fully saturated rings. The van der Waals surface area contributed by atoms with Crippen molar-refractivity contribution in [3.05, 3.63) is 0 Å². The Balaban J connectivity index is 2.29. The summed E-state index contributed by atoms with van der Waals surface area (Å²) in [5.74, 6) is 1.30. The van der Waals surface area contributed by atoms with Crippen LogP contribution in [0.5, 0.6) is 0 Å². The van der Waals surface area contributed by atoms with Gasteiger partial charge in [-0.15, -0.1) is 0 Å². The zero-order chi connectivity index (χ0) is 11.3. The second kappa shape index (κ2) is 6.11. The third-order valence-corrected chi connectivity index (χ3v) is 3.54. The molecule has 1 aliphatic heterocycles. The van der Waals surface area contributed by atoms with Crippen LogP contribution in [0, 0.1) is 11.8 Å². The highest BCUT2D eigenvalue weighted by Gasteiger charge is 2.28. The van der Waals surface area contributed by atoms with Gasteiger partial charge in [0.2, 0.25) is 5.91 Å². The molecule has 0 aromatic heterocycles. The van der Waals surface area contributed by atoms with Crippen molar-refractivity contribution in [2.45, 2.75) is 46.1 Å². The van der Waals surface area contributed by atoms with Crippen LogP contribution in [0.3, 0.4) is 0 Å². The number of carbonyl (C=O) groups excluding carboxylic acids is 1. The SMILES string of the molecule is CCC(CC)CNC(=O)C1NCCC1C. The van der Waals surface area contributed by atoms with E-state index in [1.54, 1.807) is 0 Å². The summed E-state index contributed by atoms with van der Waals surface area (Å²) < 4.78 is 0. The number of nitrogens with one attached hydrogen (secondary N) is 2. The summed E-state index contributed by atoms with van der Waals surface area (Å²) in [5, 5.41) is 6.31. The fourth-order valence-corrected chi connectivity index (χ4v) is 2.12. The van der Waals surface area contributed by atoms with Crippen LogP contribution in [0.4, 0.5) is 0 Å². The molecule has 0 radical (unpaired) electrons. The summed E-state index contributed by atoms with van der Waals surface area (Å²) in [6.45, 7) is 8.30. The Bertz CT molecular complexity index is 202. The Kier molecular flexibility index (Phi) is 5.09. The number of amides is 1. The largest absolute Gasteiger partial charge is 0.354 e. The first-order chi connectivity index (χ1) is 7.19. The van der Waals surface area contributed by atoms with Crippen LogP contribution >= 0.6 is 0 Å². The fourth-order valence-electron chi connectivity index (χ4n) is 2.12. The Morgan fingerprint density at radius 3 is 2.60 bits per heavy atom. The van der Waals surface area contributed by atoms with Crippen molar-refractivity contribution in [3.63, 3.8) is 0 Å². The predicted molar refractivity (Wildman–Crippen MR) is 62.7 cm³/mol. The van der Waals surface area contributed by atoms with E-state index in [1.807, 2.05) is 0 Å². The van der Waals surface area contributed by atoms with Crippen LogP contribution in [-0.2, 0) is 4.79 Å². The molecule has 3 nitrogen and oxygen atoms in total. The van der Waals surface area contributed by atoms with E-state index in [2.05, 4.69) is 31.4 Å². The number of hydrogen-bond donors (Lipinski definition) is 2. The number of hydrogen-bond acceptors (Lipinski definition) is 2. The van der Waals surface area contributed by atoms with E-state index in [-0.39, 0.29) is 11.9 Å². The van der Waals surface area contributed by atoms with E-state index in [0.717, 1.165) is 32.4 Å². The van der Waals surface area contributed by atoms with Gasteiger partial charge in [-0.25, -0.2) is 0 Å². The molecule has 1 aliphatic rings. The molecular weight excluding hydrogens is 188 g/mol. The molecular formula is C12H24N2O. The molecule has 0 bridgehead atoms. The molecule has 0 saturated carbocycles. The van der Waals surface area contributed by atoms with Crippen LogP contribution in [0.25, 0.3) is 0 Å². The lowest BCUT2D eigenvalue weighted by atomic mass is 10.0. The zero-order valence-electron chi connectivity index (χ0n) is 10.2. The van der Waals surface area contributed by atoms with E-state index in [9.17, 15) is 4.79 Å². The molecule has 15 heavy (non-hydrogen) atoms. The van der Waals surface area contributed by atoms with Crippen molar-refractivity contribution in [2.75, 3.05) is 13.1 Å². The average Bonchev–Trinajstić information content (AvgIpc) is 2.66. The van der Waals surface area contributed by atoms with E-state index in [1.165, 1.54) is 0 Å². The minimum Gasteiger partial charge on any atom is -0.354 e. The molecule has 0 aliphatic carbocycles. The lowest BCUT2D eigenvalue weighted by Gasteiger charge is -2.18. The second-order valence-corrected chi connectivity index (χ2v) is 4.63. The van der Waals surface area contributed by atoms with E-state index in [4.69, 9.17) is 0 Å². The molecule has 1 saturated heterocycles. The molecule has 0 spiro atoms. The van der Waals surface area contributed by atoms with E-state index < -0.39 is 0 Å². The summed E-state index contributed by atoms with van der Waals surface area (Å²) in [5.41, 5.74) is 0. The smallest absolute Gasteiger partial charge is 0.237 e. The highest BCUT2D eigenvalue weighted by Crippen LogP contribution is 2.14. The molecule has 2 unspecified atom stereocenters. The third kappa shape index (κ3) is 3.49. The molecule has 0 aromatic carbocycles. The van der Waals surface area contributed by atoms with Gasteiger partial charge in [0.15, 0.2) is 0 Å². The van der Waals surface area contributed by atoms with Gasteiger partial charge in [0.05, 0.1) is 6.04 Å². The first-order valence-electron chi connectivity index (χ1n) is 6.20. The maximum absolute atomic E-state index is 11.8. The number of carbonyl (C=O) groups is 1. The van der Waals surface area contributed by atoms with E-state index in [0.29, 0.717) is 11.8 Å². The Hall–Kier alpha value is -0.570. The molecule has 88 valence electrons. The summed E-state index contributed by atoms with van der Waals surface area (Å²) in [6.07, 6.45) is 3.40. The molecule has 0 aromatic rings. The first kappa shape index (κ1) is 12.5. The highest BCUT2D eigenvalue weighted by molar-refractivity contribution is 5.82. The van der Waals surface area contributed by atoms with Crippen molar-refractivity contribution in [1.29, 1.82) is 0 Å². The lowest BCUT2D eigenvalue weighted by Crippen LogP contribution is -2.44. The van der Waals surface area contributed by atoms with Crippen LogP contribution in [0.2, 0.25) is 0 Å². The monoisotopic (exact) mass is 212 g/mol. The summed E-state index contributed by atoms with van der Waals surface area (Å²) >= 11 is 0.